The van der Waals surface area contributed by atoms with Gasteiger partial charge >= 0.3 is 0 Å². The van der Waals surface area contributed by atoms with Gasteiger partial charge in [-0.25, -0.2) is 0 Å². The lowest BCUT2D eigenvalue weighted by Crippen LogP contribution is -2.28. The molecule has 2 rings (SSSR count). The lowest BCUT2D eigenvalue weighted by atomic mass is 10.3. The average Bonchev–Trinajstić information content (AvgIpc) is 2.43. The summed E-state index contributed by atoms with van der Waals surface area (Å²) in [6.07, 6.45) is 1.38. The fourth-order valence-corrected chi connectivity index (χ4v) is 2.51. The molecule has 1 aromatic carbocycles. The normalized spacial score (nSPS) is 10.3. The zero-order chi connectivity index (χ0) is 14.5. The van der Waals surface area contributed by atoms with Crippen LogP contribution in [-0.4, -0.2) is 11.7 Å². The molecule has 4 nitrogen and oxygen atoms in total. The number of hydrogen-bond donors (Lipinski definition) is 1. The molecule has 0 radical (unpaired) electrons. The summed E-state index contributed by atoms with van der Waals surface area (Å²) in [4.78, 5) is 11.8. The van der Waals surface area contributed by atoms with Crippen LogP contribution in [0, 0.1) is 5.21 Å². The third-order valence-corrected chi connectivity index (χ3v) is 4.20. The molecule has 104 valence electrons. The Morgan fingerprint density at radius 2 is 2.05 bits per heavy atom. The van der Waals surface area contributed by atoms with Crippen LogP contribution in [0.5, 0.6) is 0 Å². The van der Waals surface area contributed by atoms with E-state index in [1.807, 2.05) is 0 Å². The maximum absolute atomic E-state index is 11.8. The van der Waals surface area contributed by atoms with Crippen molar-refractivity contribution in [2.45, 2.75) is 5.03 Å². The molecule has 1 aromatic heterocycles. The summed E-state index contributed by atoms with van der Waals surface area (Å²) in [5.41, 5.74) is 0.452. The van der Waals surface area contributed by atoms with Crippen LogP contribution in [0.4, 0.5) is 5.69 Å². The van der Waals surface area contributed by atoms with Crippen molar-refractivity contribution >= 4 is 46.6 Å². The first-order chi connectivity index (χ1) is 9.58. The number of nitrogens with zero attached hydrogens (tertiary/aromatic N) is 1. The molecule has 0 fully saturated rings. The molecule has 0 spiro atoms. The number of aromatic nitrogens is 1. The van der Waals surface area contributed by atoms with Gasteiger partial charge in [-0.15, -0.1) is 0 Å². The molecule has 1 heterocycles. The lowest BCUT2D eigenvalue weighted by Gasteiger charge is -2.08. The Kier molecular flexibility index (Phi) is 5.11. The van der Waals surface area contributed by atoms with E-state index in [1.165, 1.54) is 6.20 Å². The van der Waals surface area contributed by atoms with Crippen LogP contribution in [-0.2, 0) is 4.79 Å². The van der Waals surface area contributed by atoms with Crippen molar-refractivity contribution < 1.29 is 9.52 Å². The highest BCUT2D eigenvalue weighted by molar-refractivity contribution is 7.99. The quantitative estimate of drug-likeness (QED) is 0.532. The molecule has 7 heteroatoms. The summed E-state index contributed by atoms with van der Waals surface area (Å²) < 4.78 is 0.713. The number of halogens is 2. The smallest absolute Gasteiger partial charge is 0.251 e. The Morgan fingerprint density at radius 1 is 1.25 bits per heavy atom. The number of benzene rings is 1. The molecule has 0 aliphatic heterocycles. The second-order valence-electron chi connectivity index (χ2n) is 3.80. The minimum absolute atomic E-state index is 0.106. The molecule has 0 saturated carbocycles. The van der Waals surface area contributed by atoms with E-state index >= 15 is 0 Å². The zero-order valence-corrected chi connectivity index (χ0v) is 12.5. The number of rotatable bonds is 4. The van der Waals surface area contributed by atoms with Crippen LogP contribution in [0.1, 0.15) is 0 Å². The summed E-state index contributed by atoms with van der Waals surface area (Å²) in [6.45, 7) is 0. The second kappa shape index (κ2) is 6.83. The lowest BCUT2D eigenvalue weighted by molar-refractivity contribution is -0.645. The van der Waals surface area contributed by atoms with Crippen LogP contribution in [0.2, 0.25) is 10.0 Å². The van der Waals surface area contributed by atoms with Crippen molar-refractivity contribution in [1.82, 2.24) is 0 Å². The van der Waals surface area contributed by atoms with Gasteiger partial charge in [0, 0.05) is 12.1 Å². The van der Waals surface area contributed by atoms with Crippen LogP contribution < -0.4 is 10.0 Å². The van der Waals surface area contributed by atoms with Gasteiger partial charge in [0.2, 0.25) is 5.91 Å². The molecular weight excluding hydrogens is 319 g/mol. The summed E-state index contributed by atoms with van der Waals surface area (Å²) in [5, 5.41) is 15.2. The van der Waals surface area contributed by atoms with Gasteiger partial charge in [-0.05, 0) is 30.0 Å². The van der Waals surface area contributed by atoms with Crippen molar-refractivity contribution in [3.05, 3.63) is 57.8 Å². The molecule has 2 aromatic rings. The number of carbonyl (C=O) groups is 1. The predicted molar refractivity (Wildman–Crippen MR) is 81.2 cm³/mol. The molecule has 0 saturated heterocycles. The topological polar surface area (TPSA) is 56.0 Å². The Morgan fingerprint density at radius 3 is 2.80 bits per heavy atom. The SMILES string of the molecule is O=C(CSc1cccc[n+]1[O-])Nc1cccc(Cl)c1Cl. The molecule has 0 unspecified atom stereocenters. The van der Waals surface area contributed by atoms with E-state index in [4.69, 9.17) is 23.2 Å². The van der Waals surface area contributed by atoms with Crippen LogP contribution in [0.25, 0.3) is 0 Å². The third kappa shape index (κ3) is 3.79. The van der Waals surface area contributed by atoms with Crippen LogP contribution in [0.3, 0.4) is 0 Å². The molecule has 0 aliphatic rings. The first kappa shape index (κ1) is 15.0. The minimum Gasteiger partial charge on any atom is -0.618 e. The molecule has 1 N–H and O–H groups in total. The van der Waals surface area contributed by atoms with E-state index in [1.54, 1.807) is 36.4 Å². The molecule has 0 bridgehead atoms. The van der Waals surface area contributed by atoms with Crippen molar-refractivity contribution in [2.75, 3.05) is 11.1 Å². The Balaban J connectivity index is 1.96. The molecule has 0 aliphatic carbocycles. The van der Waals surface area contributed by atoms with E-state index in [0.717, 1.165) is 11.8 Å². The largest absolute Gasteiger partial charge is 0.618 e. The Hall–Kier alpha value is -1.43. The number of pyridine rings is 1. The van der Waals surface area contributed by atoms with Crippen molar-refractivity contribution in [3.8, 4) is 0 Å². The highest BCUT2D eigenvalue weighted by atomic mass is 35.5. The average molecular weight is 329 g/mol. The molecule has 1 amide bonds. The van der Waals surface area contributed by atoms with Gasteiger partial charge in [-0.1, -0.05) is 29.3 Å². The van der Waals surface area contributed by atoms with Crippen molar-refractivity contribution in [3.63, 3.8) is 0 Å². The zero-order valence-electron chi connectivity index (χ0n) is 10.2. The number of nitrogens with one attached hydrogen (secondary N) is 1. The molecule has 0 atom stereocenters. The predicted octanol–water partition coefficient (Wildman–Crippen LogP) is 3.36. The number of anilines is 1. The minimum atomic E-state index is -0.261. The maximum Gasteiger partial charge on any atom is 0.251 e. The summed E-state index contributed by atoms with van der Waals surface area (Å²) in [5.74, 6) is -0.155. The van der Waals surface area contributed by atoms with Crippen molar-refractivity contribution in [1.29, 1.82) is 0 Å². The first-order valence-corrected chi connectivity index (χ1v) is 7.37. The number of thioether (sulfide) groups is 1. The van der Waals surface area contributed by atoms with Crippen LogP contribution in [0.15, 0.2) is 47.6 Å². The van der Waals surface area contributed by atoms with Gasteiger partial charge in [0.25, 0.3) is 5.03 Å². The van der Waals surface area contributed by atoms with Crippen molar-refractivity contribution in [2.24, 2.45) is 0 Å². The summed E-state index contributed by atoms with van der Waals surface area (Å²) in [6, 6.07) is 10.0. The highest BCUT2D eigenvalue weighted by Crippen LogP contribution is 2.29. The number of amides is 1. The van der Waals surface area contributed by atoms with Gasteiger partial charge in [-0.2, -0.15) is 4.73 Å². The molecule has 20 heavy (non-hydrogen) atoms. The van der Waals surface area contributed by atoms with E-state index < -0.39 is 0 Å². The Labute approximate surface area is 130 Å². The fourth-order valence-electron chi connectivity index (χ4n) is 1.45. The van der Waals surface area contributed by atoms with E-state index in [0.29, 0.717) is 25.5 Å². The summed E-state index contributed by atoms with van der Waals surface area (Å²) >= 11 is 13.0. The van der Waals surface area contributed by atoms with E-state index in [-0.39, 0.29) is 11.7 Å². The van der Waals surface area contributed by atoms with Gasteiger partial charge in [0.1, 0.15) is 0 Å². The summed E-state index contributed by atoms with van der Waals surface area (Å²) in [7, 11) is 0. The molecular formula is C13H10Cl2N2O2S. The van der Waals surface area contributed by atoms with Crippen LogP contribution >= 0.6 is 35.0 Å². The Bertz CT molecular complexity index is 638. The first-order valence-electron chi connectivity index (χ1n) is 5.63. The van der Waals surface area contributed by atoms with Gasteiger partial charge < -0.3 is 10.5 Å². The second-order valence-corrected chi connectivity index (χ2v) is 5.58. The monoisotopic (exact) mass is 328 g/mol. The van der Waals surface area contributed by atoms with E-state index in [9.17, 15) is 10.0 Å². The van der Waals surface area contributed by atoms with Gasteiger partial charge in [-0.3, -0.25) is 4.79 Å². The number of hydrogen-bond acceptors (Lipinski definition) is 3. The fraction of sp³-hybridized carbons (Fsp3) is 0.0769. The standard InChI is InChI=1S/C13H10Cl2N2O2S/c14-9-4-3-5-10(13(9)15)16-11(18)8-20-12-6-1-2-7-17(12)19/h1-7H,8H2,(H,16,18). The maximum atomic E-state index is 11.8. The number of carbonyl (C=O) groups excluding carboxylic acids is 1. The third-order valence-electron chi connectivity index (χ3n) is 2.37. The highest BCUT2D eigenvalue weighted by Gasteiger charge is 2.11. The van der Waals surface area contributed by atoms with Gasteiger partial charge in [0.15, 0.2) is 6.20 Å². The van der Waals surface area contributed by atoms with E-state index in [2.05, 4.69) is 5.32 Å². The van der Waals surface area contributed by atoms with Gasteiger partial charge in [0.05, 0.1) is 21.5 Å².